The summed E-state index contributed by atoms with van der Waals surface area (Å²) >= 11 is 0. The molecular formula is C23H23F3N2O7. The molecule has 0 aromatic heterocycles. The molecule has 0 unspecified atom stereocenters. The number of nitro benzene ring substituents is 1. The molecule has 188 valence electrons. The zero-order valence-electron chi connectivity index (χ0n) is 19.0. The lowest BCUT2D eigenvalue weighted by molar-refractivity contribution is -0.384. The second-order valence-electron chi connectivity index (χ2n) is 7.82. The number of piperidine rings is 1. The zero-order chi connectivity index (χ0) is 25.8. The van der Waals surface area contributed by atoms with Gasteiger partial charge in [0.05, 0.1) is 36.2 Å². The summed E-state index contributed by atoms with van der Waals surface area (Å²) in [7, 11) is 2.85. The summed E-state index contributed by atoms with van der Waals surface area (Å²) < 4.78 is 54.3. The van der Waals surface area contributed by atoms with Crippen LogP contribution < -0.4 is 14.4 Å². The highest BCUT2D eigenvalue weighted by molar-refractivity contribution is 6.00. The monoisotopic (exact) mass is 496 g/mol. The number of benzene rings is 2. The zero-order valence-corrected chi connectivity index (χ0v) is 19.0. The Balaban J connectivity index is 1.61. The van der Waals surface area contributed by atoms with Gasteiger partial charge in [0, 0.05) is 19.2 Å². The van der Waals surface area contributed by atoms with Crippen LogP contribution in [0.15, 0.2) is 36.4 Å². The topological polar surface area (TPSA) is 108 Å². The molecule has 0 spiro atoms. The number of ketones is 1. The van der Waals surface area contributed by atoms with Crippen LogP contribution in [0.2, 0.25) is 0 Å². The molecule has 0 amide bonds. The number of esters is 1. The van der Waals surface area contributed by atoms with E-state index in [9.17, 15) is 32.9 Å². The molecule has 0 aliphatic carbocycles. The van der Waals surface area contributed by atoms with Crippen molar-refractivity contribution in [3.05, 3.63) is 57.6 Å². The van der Waals surface area contributed by atoms with Gasteiger partial charge in [0.25, 0.3) is 5.69 Å². The van der Waals surface area contributed by atoms with Crippen LogP contribution in [0, 0.1) is 16.0 Å². The van der Waals surface area contributed by atoms with Crippen molar-refractivity contribution in [3.63, 3.8) is 0 Å². The molecule has 2 aromatic carbocycles. The van der Waals surface area contributed by atoms with Gasteiger partial charge in [-0.05, 0) is 43.2 Å². The van der Waals surface area contributed by atoms with Crippen molar-refractivity contribution in [3.8, 4) is 11.5 Å². The van der Waals surface area contributed by atoms with Gasteiger partial charge in [0.15, 0.2) is 6.61 Å². The van der Waals surface area contributed by atoms with Gasteiger partial charge in [-0.25, -0.2) is 0 Å². The third-order valence-electron chi connectivity index (χ3n) is 5.72. The number of ether oxygens (including phenoxy) is 3. The van der Waals surface area contributed by atoms with Gasteiger partial charge >= 0.3 is 12.1 Å². The molecule has 0 radical (unpaired) electrons. The molecule has 1 saturated heterocycles. The number of nitrogens with zero attached hydrogens (tertiary/aromatic N) is 2. The molecule has 2 aromatic rings. The number of halogens is 3. The first-order valence-corrected chi connectivity index (χ1v) is 10.6. The van der Waals surface area contributed by atoms with E-state index in [-0.39, 0.29) is 37.2 Å². The van der Waals surface area contributed by atoms with Gasteiger partial charge in [0.1, 0.15) is 17.2 Å². The number of Topliss-reactive ketones (excluding diaryl/α,β-unsaturated/α-hetero) is 1. The second kappa shape index (κ2) is 10.6. The van der Waals surface area contributed by atoms with Crippen LogP contribution in [0.1, 0.15) is 28.8 Å². The first-order chi connectivity index (χ1) is 16.5. The molecule has 3 rings (SSSR count). The summed E-state index contributed by atoms with van der Waals surface area (Å²) in [4.78, 5) is 37.1. The average molecular weight is 496 g/mol. The summed E-state index contributed by atoms with van der Waals surface area (Å²) in [5.41, 5.74) is -1.51. The van der Waals surface area contributed by atoms with Crippen LogP contribution in [0.25, 0.3) is 0 Å². The van der Waals surface area contributed by atoms with E-state index in [1.54, 1.807) is 17.0 Å². The maximum absolute atomic E-state index is 12.9. The van der Waals surface area contributed by atoms with Gasteiger partial charge in [-0.3, -0.25) is 19.7 Å². The number of alkyl halides is 3. The lowest BCUT2D eigenvalue weighted by Gasteiger charge is -2.32. The number of nitro groups is 1. The highest BCUT2D eigenvalue weighted by Crippen LogP contribution is 2.37. The van der Waals surface area contributed by atoms with E-state index < -0.39 is 46.6 Å². The number of hydrogen-bond donors (Lipinski definition) is 0. The fourth-order valence-electron chi connectivity index (χ4n) is 3.83. The van der Waals surface area contributed by atoms with Crippen molar-refractivity contribution in [1.82, 2.24) is 0 Å². The van der Waals surface area contributed by atoms with Crippen LogP contribution in [0.4, 0.5) is 24.5 Å². The van der Waals surface area contributed by atoms with Gasteiger partial charge < -0.3 is 19.1 Å². The van der Waals surface area contributed by atoms with E-state index >= 15 is 0 Å². The number of rotatable bonds is 8. The Bertz CT molecular complexity index is 1110. The summed E-state index contributed by atoms with van der Waals surface area (Å²) in [6.07, 6.45) is -4.19. The molecule has 1 fully saturated rings. The Morgan fingerprint density at radius 2 is 1.77 bits per heavy atom. The second-order valence-corrected chi connectivity index (χ2v) is 7.82. The minimum Gasteiger partial charge on any atom is -0.497 e. The van der Waals surface area contributed by atoms with Crippen molar-refractivity contribution < 1.29 is 41.9 Å². The number of methoxy groups -OCH3 is 2. The van der Waals surface area contributed by atoms with Crippen LogP contribution in [-0.4, -0.2) is 50.6 Å². The lowest BCUT2D eigenvalue weighted by atomic mass is 9.96. The summed E-state index contributed by atoms with van der Waals surface area (Å²) in [6, 6.07) is 7.03. The highest BCUT2D eigenvalue weighted by atomic mass is 19.4. The molecule has 0 bridgehead atoms. The highest BCUT2D eigenvalue weighted by Gasteiger charge is 2.35. The maximum Gasteiger partial charge on any atom is 0.416 e. The van der Waals surface area contributed by atoms with E-state index in [1.165, 1.54) is 20.3 Å². The Morgan fingerprint density at radius 1 is 1.09 bits per heavy atom. The fraction of sp³-hybridized carbons (Fsp3) is 0.391. The standard InChI is InChI=1S/C23H23F3N2O7/c1-33-16-4-6-21(34-2)17(12-16)20(29)13-35-22(30)14-7-9-27(10-8-14)18-5-3-15(23(24,25)26)11-19(18)28(31)32/h3-6,11-12,14H,7-10,13H2,1-2H3. The van der Waals surface area contributed by atoms with E-state index in [2.05, 4.69) is 0 Å². The van der Waals surface area contributed by atoms with Crippen molar-refractivity contribution in [2.24, 2.45) is 5.92 Å². The number of anilines is 1. The molecule has 9 nitrogen and oxygen atoms in total. The lowest BCUT2D eigenvalue weighted by Crippen LogP contribution is -2.37. The van der Waals surface area contributed by atoms with Crippen LogP contribution in [0.3, 0.4) is 0 Å². The van der Waals surface area contributed by atoms with Crippen molar-refractivity contribution in [2.45, 2.75) is 19.0 Å². The molecule has 1 aliphatic rings. The van der Waals surface area contributed by atoms with Crippen molar-refractivity contribution >= 4 is 23.1 Å². The smallest absolute Gasteiger partial charge is 0.416 e. The van der Waals surface area contributed by atoms with Crippen molar-refractivity contribution in [2.75, 3.05) is 38.8 Å². The van der Waals surface area contributed by atoms with Crippen LogP contribution >= 0.6 is 0 Å². The minimum atomic E-state index is -4.70. The first kappa shape index (κ1) is 25.8. The van der Waals surface area contributed by atoms with Crippen LogP contribution in [0.5, 0.6) is 11.5 Å². The molecule has 12 heteroatoms. The number of carbonyl (C=O) groups excluding carboxylic acids is 2. The van der Waals surface area contributed by atoms with E-state index in [1.807, 2.05) is 0 Å². The Kier molecular flexibility index (Phi) is 7.82. The molecule has 0 N–H and O–H groups in total. The SMILES string of the molecule is COc1ccc(OC)c(C(=O)COC(=O)C2CCN(c3ccc(C(F)(F)F)cc3[N+](=O)[O-])CC2)c1. The van der Waals surface area contributed by atoms with Gasteiger partial charge in [0.2, 0.25) is 5.78 Å². The fourth-order valence-corrected chi connectivity index (χ4v) is 3.83. The summed E-state index contributed by atoms with van der Waals surface area (Å²) in [5.74, 6) is -0.892. The quantitative estimate of drug-likeness (QED) is 0.231. The average Bonchev–Trinajstić information content (AvgIpc) is 2.85. The van der Waals surface area contributed by atoms with E-state index in [0.717, 1.165) is 12.1 Å². The molecule has 1 aliphatic heterocycles. The summed E-state index contributed by atoms with van der Waals surface area (Å²) in [6.45, 7) is -0.111. The van der Waals surface area contributed by atoms with Gasteiger partial charge in [-0.1, -0.05) is 0 Å². The van der Waals surface area contributed by atoms with Crippen LogP contribution in [-0.2, 0) is 15.7 Å². The molecule has 0 saturated carbocycles. The Morgan fingerprint density at radius 3 is 2.34 bits per heavy atom. The Labute approximate surface area is 198 Å². The van der Waals surface area contributed by atoms with E-state index in [4.69, 9.17) is 14.2 Å². The van der Waals surface area contributed by atoms with E-state index in [0.29, 0.717) is 17.6 Å². The molecule has 35 heavy (non-hydrogen) atoms. The molecule has 1 heterocycles. The summed E-state index contributed by atoms with van der Waals surface area (Å²) in [5, 5.41) is 11.4. The number of carbonyl (C=O) groups is 2. The number of hydrogen-bond acceptors (Lipinski definition) is 8. The normalized spacial score (nSPS) is 14.4. The third kappa shape index (κ3) is 6.00. The predicted molar refractivity (Wildman–Crippen MR) is 118 cm³/mol. The van der Waals surface area contributed by atoms with Gasteiger partial charge in [-0.2, -0.15) is 13.2 Å². The largest absolute Gasteiger partial charge is 0.497 e. The maximum atomic E-state index is 12.9. The predicted octanol–water partition coefficient (Wildman–Crippen LogP) is 4.27. The first-order valence-electron chi connectivity index (χ1n) is 10.6. The van der Waals surface area contributed by atoms with Gasteiger partial charge in [-0.15, -0.1) is 0 Å². The molecular weight excluding hydrogens is 473 g/mol. The molecule has 0 atom stereocenters. The minimum absolute atomic E-state index is 0.0510. The Hall–Kier alpha value is -3.83. The third-order valence-corrected chi connectivity index (χ3v) is 5.72. The van der Waals surface area contributed by atoms with Crippen molar-refractivity contribution in [1.29, 1.82) is 0 Å².